The number of benzene rings is 3. The minimum Gasteiger partial charge on any atom is -0.375 e. The Labute approximate surface area is 240 Å². The van der Waals surface area contributed by atoms with E-state index in [0.717, 1.165) is 18.0 Å². The number of aliphatic hydroxyl groups is 1. The number of ether oxygens (including phenoxy) is 1. The number of aromatic amines is 1. The van der Waals surface area contributed by atoms with Crippen molar-refractivity contribution in [1.29, 1.82) is 0 Å². The maximum Gasteiger partial charge on any atom is 0.415 e. The van der Waals surface area contributed by atoms with Crippen LogP contribution in [-0.2, 0) is 5.72 Å². The number of nitrogens with zero attached hydrogens (tertiary/aromatic N) is 3. The van der Waals surface area contributed by atoms with Gasteiger partial charge in [0.05, 0.1) is 34.8 Å². The molecule has 2 heterocycles. The summed E-state index contributed by atoms with van der Waals surface area (Å²) in [7, 11) is 0. The molecule has 1 atom stereocenters. The highest BCUT2D eigenvalue weighted by atomic mass is 35.5. The molecule has 4 aromatic rings. The summed E-state index contributed by atoms with van der Waals surface area (Å²) in [6.45, 7) is 6.62. The van der Waals surface area contributed by atoms with Gasteiger partial charge in [-0.3, -0.25) is 14.6 Å². The highest BCUT2D eigenvalue weighted by Gasteiger charge is 2.51. The van der Waals surface area contributed by atoms with Gasteiger partial charge in [-0.15, -0.1) is 0 Å². The lowest BCUT2D eigenvalue weighted by Gasteiger charge is -2.35. The molecule has 2 amide bonds. The first-order valence-electron chi connectivity index (χ1n) is 13.0. The second kappa shape index (κ2) is 11.6. The maximum atomic E-state index is 15.2. The summed E-state index contributed by atoms with van der Waals surface area (Å²) in [5.74, 6) is 4.45. The van der Waals surface area contributed by atoms with Gasteiger partial charge in [0.2, 0.25) is 0 Å². The SMILES string of the molecule is CCN(CC)CC#CCNC(=O)Oc1nc2ccc(C3(O)c4ccccc4C(=O)N3c3cccc(Cl)c3F)cc2[nH]1. The molecule has 3 N–H and O–H groups in total. The molecule has 1 aliphatic heterocycles. The van der Waals surface area contributed by atoms with Gasteiger partial charge in [0.1, 0.15) is 0 Å². The maximum absolute atomic E-state index is 15.2. The highest BCUT2D eigenvalue weighted by Crippen LogP contribution is 2.46. The van der Waals surface area contributed by atoms with Gasteiger partial charge in [0, 0.05) is 16.7 Å². The fraction of sp³-hybridized carbons (Fsp3) is 0.233. The van der Waals surface area contributed by atoms with Crippen LogP contribution in [0.4, 0.5) is 14.9 Å². The number of aromatic nitrogens is 2. The summed E-state index contributed by atoms with van der Waals surface area (Å²) in [6, 6.07) is 15.4. The molecule has 210 valence electrons. The molecular weight excluding hydrogens is 549 g/mol. The van der Waals surface area contributed by atoms with E-state index in [1.807, 2.05) is 0 Å². The molecular formula is C30H27ClFN5O4. The minimum atomic E-state index is -2.07. The van der Waals surface area contributed by atoms with Crippen LogP contribution in [0.3, 0.4) is 0 Å². The Balaban J connectivity index is 1.42. The van der Waals surface area contributed by atoms with Crippen LogP contribution in [-0.4, -0.2) is 58.2 Å². The summed E-state index contributed by atoms with van der Waals surface area (Å²) in [6.07, 6.45) is -0.738. The average Bonchev–Trinajstić information content (AvgIpc) is 3.48. The van der Waals surface area contributed by atoms with Crippen molar-refractivity contribution in [2.75, 3.05) is 31.1 Å². The largest absolute Gasteiger partial charge is 0.415 e. The monoisotopic (exact) mass is 575 g/mol. The van der Waals surface area contributed by atoms with E-state index in [9.17, 15) is 14.7 Å². The molecule has 1 aromatic heterocycles. The highest BCUT2D eigenvalue weighted by molar-refractivity contribution is 6.31. The van der Waals surface area contributed by atoms with E-state index in [4.69, 9.17) is 16.3 Å². The smallest absolute Gasteiger partial charge is 0.375 e. The van der Waals surface area contributed by atoms with E-state index >= 15 is 4.39 Å². The van der Waals surface area contributed by atoms with Crippen molar-refractivity contribution < 1.29 is 23.8 Å². The van der Waals surface area contributed by atoms with Crippen LogP contribution in [0.25, 0.3) is 11.0 Å². The van der Waals surface area contributed by atoms with Crippen molar-refractivity contribution >= 4 is 40.3 Å². The van der Waals surface area contributed by atoms with Crippen LogP contribution in [0.1, 0.15) is 35.3 Å². The Hall–Kier alpha value is -4.43. The third-order valence-corrected chi connectivity index (χ3v) is 7.22. The lowest BCUT2D eigenvalue weighted by Crippen LogP contribution is -2.45. The topological polar surface area (TPSA) is 111 Å². The molecule has 0 saturated carbocycles. The van der Waals surface area contributed by atoms with Crippen molar-refractivity contribution in [3.8, 4) is 17.9 Å². The van der Waals surface area contributed by atoms with Gasteiger partial charge in [-0.2, -0.15) is 4.98 Å². The molecule has 5 rings (SSSR count). The fourth-order valence-corrected chi connectivity index (χ4v) is 4.93. The molecule has 0 aliphatic carbocycles. The van der Waals surface area contributed by atoms with E-state index in [-0.39, 0.29) is 40.0 Å². The van der Waals surface area contributed by atoms with Gasteiger partial charge in [0.25, 0.3) is 5.91 Å². The molecule has 9 nitrogen and oxygen atoms in total. The lowest BCUT2D eigenvalue weighted by atomic mass is 9.93. The molecule has 0 radical (unpaired) electrons. The normalized spacial score (nSPS) is 16.0. The number of nitrogens with one attached hydrogen (secondary N) is 2. The third-order valence-electron chi connectivity index (χ3n) is 6.93. The number of hydrogen-bond donors (Lipinski definition) is 3. The molecule has 3 aromatic carbocycles. The number of halogens is 2. The van der Waals surface area contributed by atoms with Crippen molar-refractivity contribution in [3.05, 3.63) is 88.2 Å². The van der Waals surface area contributed by atoms with Gasteiger partial charge in [-0.1, -0.05) is 67.6 Å². The first-order chi connectivity index (χ1) is 19.8. The number of fused-ring (bicyclic) bond motifs is 2. The number of amides is 2. The van der Waals surface area contributed by atoms with E-state index < -0.39 is 23.5 Å². The number of carbonyl (C=O) groups excluding carboxylic acids is 2. The van der Waals surface area contributed by atoms with Gasteiger partial charge in [-0.05, 0) is 43.4 Å². The van der Waals surface area contributed by atoms with Crippen molar-refractivity contribution in [3.63, 3.8) is 0 Å². The molecule has 0 saturated heterocycles. The van der Waals surface area contributed by atoms with Crippen LogP contribution in [0.15, 0.2) is 60.7 Å². The lowest BCUT2D eigenvalue weighted by molar-refractivity contribution is 0.0699. The Morgan fingerprint density at radius 3 is 2.73 bits per heavy atom. The van der Waals surface area contributed by atoms with E-state index in [2.05, 4.69) is 45.9 Å². The van der Waals surface area contributed by atoms with Crippen molar-refractivity contribution in [2.24, 2.45) is 0 Å². The molecule has 1 aliphatic rings. The Morgan fingerprint density at radius 2 is 1.95 bits per heavy atom. The van der Waals surface area contributed by atoms with E-state index in [0.29, 0.717) is 17.6 Å². The molecule has 0 spiro atoms. The molecule has 11 heteroatoms. The van der Waals surface area contributed by atoms with Crippen molar-refractivity contribution in [1.82, 2.24) is 20.2 Å². The van der Waals surface area contributed by atoms with Gasteiger partial charge in [-0.25, -0.2) is 9.18 Å². The summed E-state index contributed by atoms with van der Waals surface area (Å²) in [5.41, 5.74) is -0.627. The summed E-state index contributed by atoms with van der Waals surface area (Å²) in [5, 5.41) is 14.5. The first-order valence-corrected chi connectivity index (χ1v) is 13.4. The van der Waals surface area contributed by atoms with Crippen LogP contribution >= 0.6 is 11.6 Å². The quantitative estimate of drug-likeness (QED) is 0.277. The van der Waals surface area contributed by atoms with Gasteiger partial charge >= 0.3 is 12.1 Å². The number of carbonyl (C=O) groups is 2. The zero-order valence-corrected chi connectivity index (χ0v) is 23.1. The van der Waals surface area contributed by atoms with Crippen LogP contribution in [0, 0.1) is 17.7 Å². The van der Waals surface area contributed by atoms with Gasteiger partial charge in [0.15, 0.2) is 11.5 Å². The Bertz CT molecular complexity index is 1690. The average molecular weight is 576 g/mol. The van der Waals surface area contributed by atoms with Crippen LogP contribution in [0.5, 0.6) is 6.01 Å². The molecule has 1 unspecified atom stereocenters. The molecule has 0 fully saturated rings. The van der Waals surface area contributed by atoms with Gasteiger partial charge < -0.3 is 20.1 Å². The summed E-state index contributed by atoms with van der Waals surface area (Å²) >= 11 is 6.02. The standard InChI is InChI=1S/C30H27ClFN5O4/c1-3-36(4-2)17-8-7-16-33-29(39)41-28-34-23-15-14-19(18-24(23)35-28)30(40)21-11-6-5-10-20(21)27(38)37(30)25-13-9-12-22(31)26(25)32/h5-6,9-15,18,40H,3-4,16-17H2,1-2H3,(H,33,39)(H,34,35). The Kier molecular flexibility index (Phi) is 7.94. The summed E-state index contributed by atoms with van der Waals surface area (Å²) in [4.78, 5) is 36.1. The second-order valence-electron chi connectivity index (χ2n) is 9.26. The van der Waals surface area contributed by atoms with Crippen LogP contribution < -0.4 is 15.0 Å². The minimum absolute atomic E-state index is 0.0709. The predicted octanol–water partition coefficient (Wildman–Crippen LogP) is 4.64. The van der Waals surface area contributed by atoms with E-state index in [1.54, 1.807) is 42.5 Å². The fourth-order valence-electron chi connectivity index (χ4n) is 4.76. The number of hydrogen-bond acceptors (Lipinski definition) is 6. The first kappa shape index (κ1) is 28.1. The second-order valence-corrected chi connectivity index (χ2v) is 9.67. The Morgan fingerprint density at radius 1 is 1.17 bits per heavy atom. The summed E-state index contributed by atoms with van der Waals surface area (Å²) < 4.78 is 20.4. The number of rotatable bonds is 7. The third kappa shape index (κ3) is 5.23. The van der Waals surface area contributed by atoms with Crippen LogP contribution in [0.2, 0.25) is 5.02 Å². The van der Waals surface area contributed by atoms with E-state index in [1.165, 1.54) is 18.2 Å². The molecule has 41 heavy (non-hydrogen) atoms. The number of H-pyrrole nitrogens is 1. The zero-order chi connectivity index (χ0) is 29.1. The molecule has 0 bridgehead atoms. The number of imidazole rings is 1. The van der Waals surface area contributed by atoms with Crippen molar-refractivity contribution in [2.45, 2.75) is 19.6 Å². The zero-order valence-electron chi connectivity index (χ0n) is 22.4. The number of anilines is 1. The predicted molar refractivity (Wildman–Crippen MR) is 153 cm³/mol.